The molecule has 0 spiro atoms. The predicted molar refractivity (Wildman–Crippen MR) is 38.2 cm³/mol. The molecule has 0 aromatic heterocycles. The Morgan fingerprint density at radius 2 is 1.54 bits per heavy atom. The van der Waals surface area contributed by atoms with Gasteiger partial charge in [-0.25, -0.2) is 4.39 Å². The fourth-order valence-corrected chi connectivity index (χ4v) is 0.695. The fraction of sp³-hybridized carbons (Fsp3) is 1.00. The first-order valence-corrected chi connectivity index (χ1v) is 3.55. The third-order valence-corrected chi connectivity index (χ3v) is 1.61. The third kappa shape index (κ3) is 2.83. The van der Waals surface area contributed by atoms with Crippen LogP contribution in [0.1, 0.15) is 0 Å². The Hall–Kier alpha value is -0.310. The van der Waals surface area contributed by atoms with E-state index in [0.29, 0.717) is 0 Å². The van der Waals surface area contributed by atoms with Gasteiger partial charge >= 0.3 is 0 Å². The molecule has 0 saturated carbocycles. The van der Waals surface area contributed by atoms with Crippen LogP contribution in [0.5, 0.6) is 0 Å². The average Bonchev–Trinajstić information content (AvgIpc) is 2.13. The maximum absolute atomic E-state index is 12.9. The minimum Gasteiger partial charge on any atom is -0.394 e. The van der Waals surface area contributed by atoms with Crippen molar-refractivity contribution in [2.75, 3.05) is 13.2 Å². The molecule has 0 amide bonds. The minimum atomic E-state index is -3.56. The lowest BCUT2D eigenvalue weighted by atomic mass is 10.0. The number of aliphatic hydroxyl groups excluding tert-OH is 5. The van der Waals surface area contributed by atoms with Crippen LogP contribution < -0.4 is 0 Å². The van der Waals surface area contributed by atoms with Crippen LogP contribution in [-0.4, -0.2) is 68.0 Å². The van der Waals surface area contributed by atoms with Crippen molar-refractivity contribution in [3.8, 4) is 0 Å². The summed E-state index contributed by atoms with van der Waals surface area (Å²) in [5.41, 5.74) is 0. The molecular weight excluding hydrogens is 187 g/mol. The molecule has 0 aliphatic carbocycles. The van der Waals surface area contributed by atoms with Gasteiger partial charge in [-0.2, -0.15) is 0 Å². The molecular formula is C6H13FO6. The van der Waals surface area contributed by atoms with Crippen LogP contribution in [0.4, 0.5) is 4.39 Å². The molecule has 0 aliphatic heterocycles. The molecule has 80 valence electrons. The molecule has 13 heavy (non-hydrogen) atoms. The molecule has 4 atom stereocenters. The summed E-state index contributed by atoms with van der Waals surface area (Å²) in [6.45, 7) is -2.10. The lowest BCUT2D eigenvalue weighted by Gasteiger charge is -2.30. The molecule has 0 rings (SSSR count). The lowest BCUT2D eigenvalue weighted by molar-refractivity contribution is -0.256. The van der Waals surface area contributed by atoms with Crippen LogP contribution in [0, 0.1) is 0 Å². The normalized spacial score (nSPS) is 23.3. The zero-order valence-electron chi connectivity index (χ0n) is 6.71. The Morgan fingerprint density at radius 3 is 1.85 bits per heavy atom. The van der Waals surface area contributed by atoms with Crippen LogP contribution in [0.15, 0.2) is 0 Å². The summed E-state index contributed by atoms with van der Waals surface area (Å²) >= 11 is 0. The van der Waals surface area contributed by atoms with Crippen LogP contribution in [0.25, 0.3) is 0 Å². The summed E-state index contributed by atoms with van der Waals surface area (Å²) in [5.74, 6) is -3.56. The number of hydrogen-bond acceptors (Lipinski definition) is 6. The molecule has 0 unspecified atom stereocenters. The first-order chi connectivity index (χ1) is 5.87. The second-order valence-corrected chi connectivity index (χ2v) is 2.62. The molecule has 6 nitrogen and oxygen atoms in total. The Kier molecular flexibility index (Phi) is 4.68. The van der Waals surface area contributed by atoms with Crippen molar-refractivity contribution >= 4 is 0 Å². The second-order valence-electron chi connectivity index (χ2n) is 2.62. The standard InChI is InChI=1S/C6H13FO6/c7-6(13,4(11)2-9)5(12)3(10)1-8/h3-5,8-13H,1-2H2/t3-,4+,5+,6+/m0/s1. The van der Waals surface area contributed by atoms with Gasteiger partial charge in [0.25, 0.3) is 5.85 Å². The molecule has 0 bridgehead atoms. The smallest absolute Gasteiger partial charge is 0.263 e. The van der Waals surface area contributed by atoms with Gasteiger partial charge in [0, 0.05) is 0 Å². The van der Waals surface area contributed by atoms with E-state index in [1.807, 2.05) is 0 Å². The highest BCUT2D eigenvalue weighted by molar-refractivity contribution is 4.87. The minimum absolute atomic E-state index is 0.981. The van der Waals surface area contributed by atoms with Gasteiger partial charge in [-0.05, 0) is 0 Å². The van der Waals surface area contributed by atoms with Crippen molar-refractivity contribution in [3.05, 3.63) is 0 Å². The molecule has 0 heterocycles. The summed E-state index contributed by atoms with van der Waals surface area (Å²) in [7, 11) is 0. The topological polar surface area (TPSA) is 121 Å². The highest BCUT2D eigenvalue weighted by atomic mass is 19.2. The van der Waals surface area contributed by atoms with Crippen LogP contribution in [0.2, 0.25) is 0 Å². The SMILES string of the molecule is OC[C@@H](O)[C@](O)(F)[C@H](O)[C@@H](O)CO. The first kappa shape index (κ1) is 12.7. The molecule has 6 N–H and O–H groups in total. The average molecular weight is 200 g/mol. The van der Waals surface area contributed by atoms with Gasteiger partial charge in [-0.1, -0.05) is 0 Å². The fourth-order valence-electron chi connectivity index (χ4n) is 0.695. The number of rotatable bonds is 5. The van der Waals surface area contributed by atoms with Crippen LogP contribution in [-0.2, 0) is 0 Å². The van der Waals surface area contributed by atoms with Crippen molar-refractivity contribution in [1.82, 2.24) is 0 Å². The van der Waals surface area contributed by atoms with Crippen LogP contribution >= 0.6 is 0 Å². The van der Waals surface area contributed by atoms with Gasteiger partial charge in [0.15, 0.2) is 0 Å². The van der Waals surface area contributed by atoms with E-state index in [9.17, 15) is 4.39 Å². The zero-order chi connectivity index (χ0) is 10.6. The largest absolute Gasteiger partial charge is 0.394 e. The van der Waals surface area contributed by atoms with E-state index in [4.69, 9.17) is 30.6 Å². The van der Waals surface area contributed by atoms with Crippen molar-refractivity contribution in [2.24, 2.45) is 0 Å². The highest BCUT2D eigenvalue weighted by Gasteiger charge is 2.46. The number of hydrogen-bond donors (Lipinski definition) is 6. The van der Waals surface area contributed by atoms with E-state index in [0.717, 1.165) is 0 Å². The quantitative estimate of drug-likeness (QED) is 0.276. The Balaban J connectivity index is 4.42. The van der Waals surface area contributed by atoms with Gasteiger partial charge in [0.05, 0.1) is 13.2 Å². The van der Waals surface area contributed by atoms with Crippen molar-refractivity contribution in [3.63, 3.8) is 0 Å². The predicted octanol–water partition coefficient (Wildman–Crippen LogP) is -3.29. The van der Waals surface area contributed by atoms with Crippen molar-refractivity contribution < 1.29 is 35.0 Å². The lowest BCUT2D eigenvalue weighted by Crippen LogP contribution is -2.55. The third-order valence-electron chi connectivity index (χ3n) is 1.61. The van der Waals surface area contributed by atoms with E-state index in [-0.39, 0.29) is 0 Å². The van der Waals surface area contributed by atoms with Gasteiger partial charge in [-0.15, -0.1) is 0 Å². The number of alkyl halides is 1. The number of aliphatic hydroxyl groups is 6. The Bertz CT molecular complexity index is 152. The molecule has 0 aromatic carbocycles. The van der Waals surface area contributed by atoms with Gasteiger partial charge in [-0.3, -0.25) is 0 Å². The zero-order valence-corrected chi connectivity index (χ0v) is 6.71. The van der Waals surface area contributed by atoms with Gasteiger partial charge in [0.1, 0.15) is 18.3 Å². The summed E-state index contributed by atoms with van der Waals surface area (Å²) in [5, 5.41) is 51.5. The molecule has 0 saturated heterocycles. The van der Waals surface area contributed by atoms with E-state index in [1.165, 1.54) is 0 Å². The first-order valence-electron chi connectivity index (χ1n) is 3.55. The Labute approximate surface area is 73.5 Å². The summed E-state index contributed by atoms with van der Waals surface area (Å²) < 4.78 is 12.9. The van der Waals surface area contributed by atoms with Crippen molar-refractivity contribution in [2.45, 2.75) is 24.2 Å². The highest BCUT2D eigenvalue weighted by Crippen LogP contribution is 2.20. The maximum Gasteiger partial charge on any atom is 0.263 e. The van der Waals surface area contributed by atoms with Crippen LogP contribution in [0.3, 0.4) is 0 Å². The summed E-state index contributed by atoms with van der Waals surface area (Å²) in [6, 6.07) is 0. The second kappa shape index (κ2) is 4.80. The van der Waals surface area contributed by atoms with Crippen molar-refractivity contribution in [1.29, 1.82) is 0 Å². The Morgan fingerprint density at radius 1 is 1.08 bits per heavy atom. The summed E-state index contributed by atoms with van der Waals surface area (Å²) in [6.07, 6.45) is -6.57. The van der Waals surface area contributed by atoms with Gasteiger partial charge < -0.3 is 30.6 Å². The van der Waals surface area contributed by atoms with E-state index >= 15 is 0 Å². The maximum atomic E-state index is 12.9. The summed E-state index contributed by atoms with van der Waals surface area (Å²) in [4.78, 5) is 0. The van der Waals surface area contributed by atoms with E-state index < -0.39 is 37.4 Å². The number of halogens is 1. The molecule has 0 aliphatic rings. The van der Waals surface area contributed by atoms with Gasteiger partial charge in [0.2, 0.25) is 0 Å². The molecule has 7 heteroatoms. The molecule has 0 fully saturated rings. The van der Waals surface area contributed by atoms with E-state index in [2.05, 4.69) is 0 Å². The monoisotopic (exact) mass is 200 g/mol. The van der Waals surface area contributed by atoms with E-state index in [1.54, 1.807) is 0 Å². The molecule has 0 radical (unpaired) electrons. The molecule has 0 aromatic rings.